The number of hydrogen-bond donors (Lipinski definition) is 0. The summed E-state index contributed by atoms with van der Waals surface area (Å²) in [4.78, 5) is 0. The quantitative estimate of drug-likeness (QED) is 0.790. The Balaban J connectivity index is 2.65. The van der Waals surface area contributed by atoms with Crippen molar-refractivity contribution in [1.29, 1.82) is 0 Å². The molecule has 19 heavy (non-hydrogen) atoms. The van der Waals surface area contributed by atoms with E-state index in [0.29, 0.717) is 5.39 Å². The van der Waals surface area contributed by atoms with Gasteiger partial charge in [0.2, 0.25) is 5.88 Å². The van der Waals surface area contributed by atoms with E-state index in [9.17, 15) is 13.2 Å². The van der Waals surface area contributed by atoms with E-state index in [4.69, 9.17) is 4.74 Å². The molecule has 2 rings (SSSR count). The second kappa shape index (κ2) is 4.36. The van der Waals surface area contributed by atoms with Crippen LogP contribution in [0.25, 0.3) is 10.8 Å². The van der Waals surface area contributed by atoms with Crippen molar-refractivity contribution in [2.45, 2.75) is 32.5 Å². The largest absolute Gasteiger partial charge is 0.470 e. The van der Waals surface area contributed by atoms with Gasteiger partial charge in [0, 0.05) is 10.8 Å². The highest BCUT2D eigenvalue weighted by Crippen LogP contribution is 2.35. The number of nitrogens with zero attached hydrogens (tertiary/aromatic N) is 2. The normalized spacial score (nSPS) is 12.7. The first-order valence-corrected chi connectivity index (χ1v) is 5.70. The summed E-state index contributed by atoms with van der Waals surface area (Å²) < 4.78 is 44.1. The third-order valence-electron chi connectivity index (χ3n) is 2.32. The molecule has 6 heteroatoms. The van der Waals surface area contributed by atoms with Crippen molar-refractivity contribution < 1.29 is 17.9 Å². The van der Waals surface area contributed by atoms with Crippen LogP contribution in [0.5, 0.6) is 5.88 Å². The number of rotatable bonds is 1. The van der Waals surface area contributed by atoms with E-state index in [0.717, 1.165) is 0 Å². The van der Waals surface area contributed by atoms with Gasteiger partial charge >= 0.3 is 6.18 Å². The zero-order valence-corrected chi connectivity index (χ0v) is 10.7. The highest BCUT2D eigenvalue weighted by atomic mass is 19.4. The number of benzene rings is 1. The fourth-order valence-electron chi connectivity index (χ4n) is 1.65. The van der Waals surface area contributed by atoms with Crippen molar-refractivity contribution in [3.05, 3.63) is 30.0 Å². The molecule has 0 amide bonds. The summed E-state index contributed by atoms with van der Waals surface area (Å²) in [6.07, 6.45) is -4.53. The fraction of sp³-hybridized carbons (Fsp3) is 0.385. The lowest BCUT2D eigenvalue weighted by atomic mass is 10.1. The molecule has 0 aliphatic heterocycles. The molecule has 102 valence electrons. The second-order valence-electron chi connectivity index (χ2n) is 5.11. The van der Waals surface area contributed by atoms with Gasteiger partial charge in [0.05, 0.1) is 0 Å². The number of halogens is 3. The molecule has 0 unspecified atom stereocenters. The summed E-state index contributed by atoms with van der Waals surface area (Å²) in [5.74, 6) is 0.108. The van der Waals surface area contributed by atoms with E-state index < -0.39 is 17.5 Å². The van der Waals surface area contributed by atoms with Crippen LogP contribution in [-0.4, -0.2) is 15.8 Å². The monoisotopic (exact) mass is 270 g/mol. The Labute approximate surface area is 108 Å². The first kappa shape index (κ1) is 13.6. The van der Waals surface area contributed by atoms with Crippen LogP contribution in [0.4, 0.5) is 13.2 Å². The number of fused-ring (bicyclic) bond motifs is 1. The van der Waals surface area contributed by atoms with Crippen molar-refractivity contribution in [3.63, 3.8) is 0 Å². The summed E-state index contributed by atoms with van der Waals surface area (Å²) in [5, 5.41) is 7.12. The molecule has 0 aliphatic carbocycles. The average Bonchev–Trinajstić information content (AvgIpc) is 2.25. The summed E-state index contributed by atoms with van der Waals surface area (Å²) >= 11 is 0. The van der Waals surface area contributed by atoms with Gasteiger partial charge in [-0.25, -0.2) is 0 Å². The first-order chi connectivity index (χ1) is 8.68. The van der Waals surface area contributed by atoms with Gasteiger partial charge in [0.25, 0.3) is 0 Å². The van der Waals surface area contributed by atoms with Crippen molar-refractivity contribution in [2.24, 2.45) is 0 Å². The topological polar surface area (TPSA) is 35.0 Å². The Morgan fingerprint density at radius 2 is 1.53 bits per heavy atom. The van der Waals surface area contributed by atoms with Crippen LogP contribution in [0.3, 0.4) is 0 Å². The Bertz CT molecular complexity index is 603. The first-order valence-electron chi connectivity index (χ1n) is 5.70. The van der Waals surface area contributed by atoms with Crippen LogP contribution in [0, 0.1) is 0 Å². The van der Waals surface area contributed by atoms with Gasteiger partial charge in [0.1, 0.15) is 5.60 Å². The van der Waals surface area contributed by atoms with Gasteiger partial charge in [-0.1, -0.05) is 18.2 Å². The van der Waals surface area contributed by atoms with Crippen LogP contribution in [0.2, 0.25) is 0 Å². The van der Waals surface area contributed by atoms with E-state index in [1.807, 2.05) is 0 Å². The molecule has 0 saturated heterocycles. The van der Waals surface area contributed by atoms with Gasteiger partial charge in [0.15, 0.2) is 5.69 Å². The van der Waals surface area contributed by atoms with Gasteiger partial charge in [-0.05, 0) is 26.8 Å². The zero-order valence-electron chi connectivity index (χ0n) is 10.7. The molecule has 0 saturated carbocycles. The molecule has 0 aliphatic rings. The third kappa shape index (κ3) is 2.94. The van der Waals surface area contributed by atoms with Crippen LogP contribution < -0.4 is 4.74 Å². The van der Waals surface area contributed by atoms with E-state index >= 15 is 0 Å². The van der Waals surface area contributed by atoms with E-state index in [1.165, 1.54) is 12.1 Å². The molecule has 0 atom stereocenters. The molecule has 1 aromatic heterocycles. The molecule has 0 fully saturated rings. The lowest BCUT2D eigenvalue weighted by molar-refractivity contribution is -0.140. The van der Waals surface area contributed by atoms with Crippen LogP contribution in [0.15, 0.2) is 24.3 Å². The van der Waals surface area contributed by atoms with Crippen molar-refractivity contribution in [1.82, 2.24) is 10.2 Å². The Morgan fingerprint density at radius 3 is 2.05 bits per heavy atom. The minimum Gasteiger partial charge on any atom is -0.470 e. The molecule has 3 nitrogen and oxygen atoms in total. The van der Waals surface area contributed by atoms with Crippen LogP contribution in [-0.2, 0) is 6.18 Å². The van der Waals surface area contributed by atoms with Crippen molar-refractivity contribution in [3.8, 4) is 5.88 Å². The van der Waals surface area contributed by atoms with E-state index in [1.54, 1.807) is 32.9 Å². The number of alkyl halides is 3. The minimum atomic E-state index is -4.53. The molecule has 0 spiro atoms. The lowest BCUT2D eigenvalue weighted by Crippen LogP contribution is -2.24. The second-order valence-corrected chi connectivity index (χ2v) is 5.11. The van der Waals surface area contributed by atoms with Crippen LogP contribution in [0.1, 0.15) is 26.5 Å². The van der Waals surface area contributed by atoms with E-state index in [2.05, 4.69) is 10.2 Å². The highest BCUT2D eigenvalue weighted by molar-refractivity contribution is 5.88. The Kier molecular flexibility index (Phi) is 3.12. The summed E-state index contributed by atoms with van der Waals surface area (Å²) in [5.41, 5.74) is -1.55. The third-order valence-corrected chi connectivity index (χ3v) is 2.32. The number of aromatic nitrogens is 2. The number of ether oxygens (including phenoxy) is 1. The molecule has 1 heterocycles. The maximum atomic E-state index is 12.8. The average molecular weight is 270 g/mol. The number of hydrogen-bond acceptors (Lipinski definition) is 3. The Morgan fingerprint density at radius 1 is 0.947 bits per heavy atom. The maximum Gasteiger partial charge on any atom is 0.435 e. The van der Waals surface area contributed by atoms with Gasteiger partial charge in [-0.2, -0.15) is 13.2 Å². The molecule has 1 aromatic carbocycles. The molecular weight excluding hydrogens is 257 g/mol. The van der Waals surface area contributed by atoms with Gasteiger partial charge < -0.3 is 4.74 Å². The lowest BCUT2D eigenvalue weighted by Gasteiger charge is -2.21. The van der Waals surface area contributed by atoms with Crippen molar-refractivity contribution >= 4 is 10.8 Å². The summed E-state index contributed by atoms with van der Waals surface area (Å²) in [6.45, 7) is 5.38. The van der Waals surface area contributed by atoms with Crippen LogP contribution >= 0.6 is 0 Å². The fourth-order valence-corrected chi connectivity index (χ4v) is 1.65. The van der Waals surface area contributed by atoms with Gasteiger partial charge in [-0.3, -0.25) is 0 Å². The molecule has 0 radical (unpaired) electrons. The minimum absolute atomic E-state index is 0.00995. The maximum absolute atomic E-state index is 12.8. The Hall–Kier alpha value is -1.85. The smallest absolute Gasteiger partial charge is 0.435 e. The standard InChI is InChI=1S/C13H13F3N2O/c1-12(2,3)19-11-9-7-5-4-6-8(9)10(17-18-11)13(14,15)16/h4-7H,1-3H3. The molecular formula is C13H13F3N2O. The summed E-state index contributed by atoms with van der Waals surface area (Å²) in [7, 11) is 0. The van der Waals surface area contributed by atoms with Crippen molar-refractivity contribution in [2.75, 3.05) is 0 Å². The predicted octanol–water partition coefficient (Wildman–Crippen LogP) is 3.83. The zero-order chi connectivity index (χ0) is 14.3. The predicted molar refractivity (Wildman–Crippen MR) is 64.9 cm³/mol. The van der Waals surface area contributed by atoms with Gasteiger partial charge in [-0.15, -0.1) is 10.2 Å². The molecule has 0 N–H and O–H groups in total. The molecule has 2 aromatic rings. The van der Waals surface area contributed by atoms with E-state index in [-0.39, 0.29) is 11.3 Å². The molecule has 0 bridgehead atoms. The SMILES string of the molecule is CC(C)(C)Oc1nnc(C(F)(F)F)c2ccccc12. The highest BCUT2D eigenvalue weighted by Gasteiger charge is 2.36. The summed E-state index contributed by atoms with van der Waals surface area (Å²) in [6, 6.07) is 6.07.